The van der Waals surface area contributed by atoms with Crippen molar-refractivity contribution in [3.63, 3.8) is 0 Å². The number of amides is 2. The van der Waals surface area contributed by atoms with E-state index in [0.717, 1.165) is 5.39 Å². The molecule has 1 aliphatic heterocycles. The summed E-state index contributed by atoms with van der Waals surface area (Å²) in [7, 11) is 0. The molecule has 1 saturated heterocycles. The standard InChI is InChI=1S/C21H19N3O4S/c25-19(18-13-14-4-1-2-7-17(14)28-18)23-21(29)22-16-6-3-5-15(12-16)20(26)24-8-10-27-11-9-24/h1-7,12-13H,8-11H2,(H2,22,23,25,29). The van der Waals surface area contributed by atoms with Gasteiger partial charge in [-0.15, -0.1) is 0 Å². The molecule has 2 amide bonds. The zero-order chi connectivity index (χ0) is 20.2. The van der Waals surface area contributed by atoms with E-state index in [2.05, 4.69) is 10.6 Å². The highest BCUT2D eigenvalue weighted by Crippen LogP contribution is 2.19. The number of ether oxygens (including phenoxy) is 1. The average molecular weight is 409 g/mol. The topological polar surface area (TPSA) is 83.8 Å². The summed E-state index contributed by atoms with van der Waals surface area (Å²) < 4.78 is 10.8. The fourth-order valence-electron chi connectivity index (χ4n) is 3.10. The molecule has 0 spiro atoms. The van der Waals surface area contributed by atoms with E-state index in [1.54, 1.807) is 41.3 Å². The molecule has 1 fully saturated rings. The SMILES string of the molecule is O=C(NC(=S)Nc1cccc(C(=O)N2CCOCC2)c1)c1cc2ccccc2o1. The predicted molar refractivity (Wildman–Crippen MR) is 113 cm³/mol. The predicted octanol–water partition coefficient (Wildman–Crippen LogP) is 3.03. The van der Waals surface area contributed by atoms with E-state index in [-0.39, 0.29) is 16.8 Å². The lowest BCUT2D eigenvalue weighted by Gasteiger charge is -2.27. The summed E-state index contributed by atoms with van der Waals surface area (Å²) in [5.74, 6) is -0.333. The van der Waals surface area contributed by atoms with E-state index in [1.165, 1.54) is 0 Å². The second-order valence-corrected chi connectivity index (χ2v) is 6.95. The van der Waals surface area contributed by atoms with Crippen molar-refractivity contribution in [3.8, 4) is 0 Å². The number of rotatable bonds is 3. The van der Waals surface area contributed by atoms with Crippen molar-refractivity contribution in [1.82, 2.24) is 10.2 Å². The van der Waals surface area contributed by atoms with Crippen molar-refractivity contribution in [2.24, 2.45) is 0 Å². The highest BCUT2D eigenvalue weighted by Gasteiger charge is 2.19. The van der Waals surface area contributed by atoms with Gasteiger partial charge in [-0.3, -0.25) is 14.9 Å². The number of carbonyl (C=O) groups excluding carboxylic acids is 2. The minimum Gasteiger partial charge on any atom is -0.451 e. The Morgan fingerprint density at radius 3 is 2.59 bits per heavy atom. The van der Waals surface area contributed by atoms with Crippen molar-refractivity contribution in [1.29, 1.82) is 0 Å². The molecule has 2 aromatic carbocycles. The Morgan fingerprint density at radius 1 is 1.00 bits per heavy atom. The number of benzene rings is 2. The van der Waals surface area contributed by atoms with E-state index >= 15 is 0 Å². The van der Waals surface area contributed by atoms with Gasteiger partial charge in [0, 0.05) is 29.7 Å². The van der Waals surface area contributed by atoms with Crippen molar-refractivity contribution in [3.05, 3.63) is 65.9 Å². The fraction of sp³-hybridized carbons (Fsp3) is 0.190. The van der Waals surface area contributed by atoms with Crippen LogP contribution >= 0.6 is 12.2 Å². The zero-order valence-electron chi connectivity index (χ0n) is 15.5. The maximum Gasteiger partial charge on any atom is 0.293 e. The van der Waals surface area contributed by atoms with Gasteiger partial charge in [0.05, 0.1) is 13.2 Å². The van der Waals surface area contributed by atoms with Gasteiger partial charge >= 0.3 is 0 Å². The molecule has 148 valence electrons. The van der Waals surface area contributed by atoms with Crippen LogP contribution in [0.4, 0.5) is 5.69 Å². The van der Waals surface area contributed by atoms with Crippen LogP contribution in [-0.2, 0) is 4.74 Å². The van der Waals surface area contributed by atoms with Crippen LogP contribution in [0.15, 0.2) is 59.0 Å². The third-order valence-corrected chi connectivity index (χ3v) is 4.75. The number of nitrogens with zero attached hydrogens (tertiary/aromatic N) is 1. The minimum atomic E-state index is -0.445. The van der Waals surface area contributed by atoms with Gasteiger partial charge in [-0.25, -0.2) is 0 Å². The van der Waals surface area contributed by atoms with Gasteiger partial charge in [-0.2, -0.15) is 0 Å². The molecule has 3 aromatic rings. The van der Waals surface area contributed by atoms with Crippen LogP contribution in [-0.4, -0.2) is 48.1 Å². The molecule has 0 unspecified atom stereocenters. The first-order valence-electron chi connectivity index (χ1n) is 9.18. The third kappa shape index (κ3) is 4.44. The number of carbonyl (C=O) groups is 2. The molecule has 29 heavy (non-hydrogen) atoms. The van der Waals surface area contributed by atoms with Gasteiger partial charge in [0.25, 0.3) is 11.8 Å². The van der Waals surface area contributed by atoms with Gasteiger partial charge in [0.1, 0.15) is 5.58 Å². The Kier molecular flexibility index (Phi) is 5.55. The van der Waals surface area contributed by atoms with Crippen molar-refractivity contribution < 1.29 is 18.7 Å². The molecule has 1 aromatic heterocycles. The Bertz CT molecular complexity index is 1040. The van der Waals surface area contributed by atoms with Crippen LogP contribution in [0.1, 0.15) is 20.9 Å². The maximum atomic E-state index is 12.6. The molecule has 4 rings (SSSR count). The molecular weight excluding hydrogens is 390 g/mol. The van der Waals surface area contributed by atoms with E-state index in [4.69, 9.17) is 21.4 Å². The summed E-state index contributed by atoms with van der Waals surface area (Å²) in [4.78, 5) is 26.8. The Balaban J connectivity index is 1.40. The van der Waals surface area contributed by atoms with Crippen LogP contribution in [0.3, 0.4) is 0 Å². The number of furan rings is 1. The summed E-state index contributed by atoms with van der Waals surface area (Å²) in [6.07, 6.45) is 0. The lowest BCUT2D eigenvalue weighted by Crippen LogP contribution is -2.40. The van der Waals surface area contributed by atoms with Crippen LogP contribution in [0.5, 0.6) is 0 Å². The van der Waals surface area contributed by atoms with Crippen molar-refractivity contribution in [2.45, 2.75) is 0 Å². The van der Waals surface area contributed by atoms with Crippen LogP contribution in [0.2, 0.25) is 0 Å². The van der Waals surface area contributed by atoms with E-state index < -0.39 is 5.91 Å². The number of hydrogen-bond donors (Lipinski definition) is 2. The number of para-hydroxylation sites is 1. The molecule has 0 aliphatic carbocycles. The minimum absolute atomic E-state index is 0.0609. The maximum absolute atomic E-state index is 12.6. The summed E-state index contributed by atoms with van der Waals surface area (Å²) in [5.41, 5.74) is 1.79. The number of morpholine rings is 1. The molecule has 2 N–H and O–H groups in total. The second kappa shape index (κ2) is 8.42. The van der Waals surface area contributed by atoms with Crippen molar-refractivity contribution in [2.75, 3.05) is 31.6 Å². The fourth-order valence-corrected chi connectivity index (χ4v) is 3.31. The first-order valence-corrected chi connectivity index (χ1v) is 9.59. The largest absolute Gasteiger partial charge is 0.451 e. The third-order valence-electron chi connectivity index (χ3n) is 4.54. The second-order valence-electron chi connectivity index (χ2n) is 6.54. The number of thiocarbonyl (C=S) groups is 1. The summed E-state index contributed by atoms with van der Waals surface area (Å²) in [6.45, 7) is 2.23. The van der Waals surface area contributed by atoms with E-state index in [1.807, 2.05) is 18.2 Å². The Labute approximate surface area is 172 Å². The summed E-state index contributed by atoms with van der Waals surface area (Å²) >= 11 is 5.23. The molecule has 0 radical (unpaired) electrons. The quantitative estimate of drug-likeness (QED) is 0.647. The number of anilines is 1. The van der Waals surface area contributed by atoms with Crippen LogP contribution in [0.25, 0.3) is 11.0 Å². The molecule has 1 aliphatic rings. The Hall–Kier alpha value is -3.23. The van der Waals surface area contributed by atoms with Crippen LogP contribution < -0.4 is 10.6 Å². The average Bonchev–Trinajstić information content (AvgIpc) is 3.18. The lowest BCUT2D eigenvalue weighted by molar-refractivity contribution is 0.0303. The number of nitrogens with one attached hydrogen (secondary N) is 2. The van der Waals surface area contributed by atoms with E-state index in [0.29, 0.717) is 43.1 Å². The first-order chi connectivity index (χ1) is 14.1. The van der Waals surface area contributed by atoms with Gasteiger partial charge in [0.2, 0.25) is 0 Å². The van der Waals surface area contributed by atoms with Crippen molar-refractivity contribution >= 4 is 45.8 Å². The Morgan fingerprint density at radius 2 is 1.79 bits per heavy atom. The monoisotopic (exact) mass is 409 g/mol. The van der Waals surface area contributed by atoms with E-state index in [9.17, 15) is 9.59 Å². The zero-order valence-corrected chi connectivity index (χ0v) is 16.3. The number of hydrogen-bond acceptors (Lipinski definition) is 5. The number of fused-ring (bicyclic) bond motifs is 1. The highest BCUT2D eigenvalue weighted by atomic mass is 32.1. The molecular formula is C21H19N3O4S. The van der Waals surface area contributed by atoms with Gasteiger partial charge in [-0.05, 0) is 42.5 Å². The molecule has 7 nitrogen and oxygen atoms in total. The molecule has 8 heteroatoms. The van der Waals surface area contributed by atoms with Gasteiger partial charge < -0.3 is 19.4 Å². The molecule has 2 heterocycles. The summed E-state index contributed by atoms with van der Waals surface area (Å²) in [6, 6.07) is 16.0. The van der Waals surface area contributed by atoms with Crippen LogP contribution in [0, 0.1) is 0 Å². The van der Waals surface area contributed by atoms with Gasteiger partial charge in [-0.1, -0.05) is 24.3 Å². The smallest absolute Gasteiger partial charge is 0.293 e. The lowest BCUT2D eigenvalue weighted by atomic mass is 10.1. The normalized spacial score (nSPS) is 13.9. The van der Waals surface area contributed by atoms with Gasteiger partial charge in [0.15, 0.2) is 10.9 Å². The first kappa shape index (κ1) is 19.1. The molecule has 0 atom stereocenters. The molecule has 0 saturated carbocycles. The summed E-state index contributed by atoms with van der Waals surface area (Å²) in [5, 5.41) is 6.49. The molecule has 0 bridgehead atoms. The highest BCUT2D eigenvalue weighted by molar-refractivity contribution is 7.80.